The van der Waals surface area contributed by atoms with Crippen molar-refractivity contribution in [3.63, 3.8) is 0 Å². The van der Waals surface area contributed by atoms with Gasteiger partial charge in [0.15, 0.2) is 0 Å². The van der Waals surface area contributed by atoms with Crippen LogP contribution in [0.5, 0.6) is 0 Å². The summed E-state index contributed by atoms with van der Waals surface area (Å²) in [5.74, 6) is -1.72. The van der Waals surface area contributed by atoms with Gasteiger partial charge in [-0.2, -0.15) is 0 Å². The van der Waals surface area contributed by atoms with Crippen LogP contribution in [0.25, 0.3) is 10.8 Å². The molecule has 0 heterocycles. The Bertz CT molecular complexity index is 1050. The van der Waals surface area contributed by atoms with E-state index in [0.717, 1.165) is 16.3 Å². The Balaban J connectivity index is 1.60. The number of fused-ring (bicyclic) bond motifs is 1. The number of amides is 3. The maximum Gasteiger partial charge on any atom is 0.326 e. The number of carbonyl (C=O) groups is 3. The lowest BCUT2D eigenvalue weighted by Gasteiger charge is -2.19. The smallest absolute Gasteiger partial charge is 0.326 e. The van der Waals surface area contributed by atoms with Crippen molar-refractivity contribution < 1.29 is 19.5 Å². The molecule has 3 aromatic rings. The van der Waals surface area contributed by atoms with Crippen LogP contribution in [-0.4, -0.2) is 35.1 Å². The fourth-order valence-electron chi connectivity index (χ4n) is 3.10. The second kappa shape index (κ2) is 9.56. The van der Waals surface area contributed by atoms with Crippen LogP contribution in [0.2, 0.25) is 0 Å². The lowest BCUT2D eigenvalue weighted by Crippen LogP contribution is -2.51. The largest absolute Gasteiger partial charge is 0.480 e. The third-order valence-electron chi connectivity index (χ3n) is 4.68. The van der Waals surface area contributed by atoms with Gasteiger partial charge in [-0.25, -0.2) is 9.59 Å². The van der Waals surface area contributed by atoms with E-state index < -0.39 is 30.0 Å². The molecule has 7 nitrogen and oxygen atoms in total. The Labute approximate surface area is 174 Å². The molecule has 0 unspecified atom stereocenters. The van der Waals surface area contributed by atoms with Gasteiger partial charge in [0.05, 0.1) is 5.69 Å². The molecule has 0 spiro atoms. The zero-order valence-corrected chi connectivity index (χ0v) is 16.5. The van der Waals surface area contributed by atoms with E-state index in [0.29, 0.717) is 5.69 Å². The van der Waals surface area contributed by atoms with E-state index in [1.165, 1.54) is 6.92 Å². The van der Waals surface area contributed by atoms with Crippen molar-refractivity contribution in [2.45, 2.75) is 25.4 Å². The van der Waals surface area contributed by atoms with Gasteiger partial charge >= 0.3 is 12.0 Å². The zero-order chi connectivity index (χ0) is 21.5. The molecule has 0 aliphatic rings. The maximum atomic E-state index is 12.4. The van der Waals surface area contributed by atoms with Gasteiger partial charge in [-0.15, -0.1) is 0 Å². The number of aliphatic carboxylic acids is 1. The van der Waals surface area contributed by atoms with Gasteiger partial charge in [0, 0.05) is 11.8 Å². The predicted molar refractivity (Wildman–Crippen MR) is 115 cm³/mol. The fraction of sp³-hybridized carbons (Fsp3) is 0.174. The predicted octanol–water partition coefficient (Wildman–Crippen LogP) is 3.16. The number of nitrogens with one attached hydrogen (secondary N) is 3. The van der Waals surface area contributed by atoms with E-state index in [9.17, 15) is 19.5 Å². The van der Waals surface area contributed by atoms with Crippen LogP contribution < -0.4 is 16.0 Å². The molecule has 0 saturated carbocycles. The Morgan fingerprint density at radius 3 is 2.27 bits per heavy atom. The fourth-order valence-corrected chi connectivity index (χ4v) is 3.10. The van der Waals surface area contributed by atoms with Crippen molar-refractivity contribution >= 4 is 34.4 Å². The number of hydrogen-bond donors (Lipinski definition) is 4. The quantitative estimate of drug-likeness (QED) is 0.484. The molecule has 154 valence electrons. The first-order valence-electron chi connectivity index (χ1n) is 9.56. The van der Waals surface area contributed by atoms with E-state index in [4.69, 9.17) is 0 Å². The molecule has 30 heavy (non-hydrogen) atoms. The highest BCUT2D eigenvalue weighted by Crippen LogP contribution is 2.22. The van der Waals surface area contributed by atoms with Crippen molar-refractivity contribution in [2.75, 3.05) is 5.32 Å². The number of hydrogen-bond acceptors (Lipinski definition) is 3. The minimum atomic E-state index is -1.14. The van der Waals surface area contributed by atoms with Gasteiger partial charge < -0.3 is 21.1 Å². The van der Waals surface area contributed by atoms with Gasteiger partial charge in [-0.3, -0.25) is 4.79 Å². The van der Waals surface area contributed by atoms with E-state index >= 15 is 0 Å². The van der Waals surface area contributed by atoms with Crippen molar-refractivity contribution in [3.8, 4) is 0 Å². The van der Waals surface area contributed by atoms with E-state index in [-0.39, 0.29) is 6.42 Å². The van der Waals surface area contributed by atoms with Crippen LogP contribution in [0.1, 0.15) is 12.5 Å². The molecule has 0 aliphatic carbocycles. The van der Waals surface area contributed by atoms with E-state index in [1.807, 2.05) is 42.5 Å². The lowest BCUT2D eigenvalue weighted by atomic mass is 10.1. The van der Waals surface area contributed by atoms with Crippen molar-refractivity contribution in [2.24, 2.45) is 0 Å². The number of rotatable bonds is 7. The molecule has 3 aromatic carbocycles. The van der Waals surface area contributed by atoms with Gasteiger partial charge in [-0.05, 0) is 23.9 Å². The highest BCUT2D eigenvalue weighted by Gasteiger charge is 2.24. The van der Waals surface area contributed by atoms with Crippen molar-refractivity contribution in [1.29, 1.82) is 0 Å². The van der Waals surface area contributed by atoms with Crippen LogP contribution in [0.4, 0.5) is 10.5 Å². The summed E-state index contributed by atoms with van der Waals surface area (Å²) in [5.41, 5.74) is 1.41. The van der Waals surface area contributed by atoms with Gasteiger partial charge in [0.2, 0.25) is 5.91 Å². The van der Waals surface area contributed by atoms with Crippen LogP contribution in [0, 0.1) is 0 Å². The Morgan fingerprint density at radius 2 is 1.53 bits per heavy atom. The number of carboxylic acids is 1. The second-order valence-electron chi connectivity index (χ2n) is 6.94. The average molecular weight is 405 g/mol. The van der Waals surface area contributed by atoms with Crippen LogP contribution in [0.3, 0.4) is 0 Å². The summed E-state index contributed by atoms with van der Waals surface area (Å²) < 4.78 is 0. The number of carbonyl (C=O) groups excluding carboxylic acids is 2. The normalized spacial score (nSPS) is 12.6. The summed E-state index contributed by atoms with van der Waals surface area (Å²) in [6.45, 7) is 1.50. The highest BCUT2D eigenvalue weighted by molar-refractivity contribution is 6.02. The molecule has 0 fully saturated rings. The maximum absolute atomic E-state index is 12.4. The van der Waals surface area contributed by atoms with Crippen LogP contribution in [0.15, 0.2) is 72.8 Å². The SMILES string of the molecule is C[C@H](NC(=O)Nc1cccc2ccccc12)C(=O)N[C@@H](Cc1ccccc1)C(=O)O. The minimum Gasteiger partial charge on any atom is -0.480 e. The van der Waals surface area contributed by atoms with Crippen molar-refractivity contribution in [3.05, 3.63) is 78.4 Å². The molecule has 0 saturated heterocycles. The topological polar surface area (TPSA) is 108 Å². The molecule has 0 aliphatic heterocycles. The molecular formula is C23H23N3O4. The summed E-state index contributed by atoms with van der Waals surface area (Å²) >= 11 is 0. The Morgan fingerprint density at radius 1 is 0.867 bits per heavy atom. The first-order valence-corrected chi connectivity index (χ1v) is 9.56. The highest BCUT2D eigenvalue weighted by atomic mass is 16.4. The zero-order valence-electron chi connectivity index (χ0n) is 16.5. The number of benzene rings is 3. The van der Waals surface area contributed by atoms with Gasteiger partial charge in [0.25, 0.3) is 0 Å². The van der Waals surface area contributed by atoms with E-state index in [2.05, 4.69) is 16.0 Å². The standard InChI is InChI=1S/C23H23N3O4/c1-15(21(27)25-20(22(28)29)14-16-8-3-2-4-9-16)24-23(30)26-19-13-7-11-17-10-5-6-12-18(17)19/h2-13,15,20H,14H2,1H3,(H,25,27)(H,28,29)(H2,24,26,30)/t15-,20-/m0/s1. The lowest BCUT2D eigenvalue weighted by molar-refractivity contribution is -0.142. The summed E-state index contributed by atoms with van der Waals surface area (Å²) in [4.78, 5) is 36.3. The summed E-state index contributed by atoms with van der Waals surface area (Å²) in [5, 5.41) is 19.1. The third-order valence-corrected chi connectivity index (χ3v) is 4.68. The first kappa shape index (κ1) is 20.9. The molecule has 3 amide bonds. The Hall–Kier alpha value is -3.87. The molecule has 2 atom stereocenters. The molecule has 3 rings (SSSR count). The van der Waals surface area contributed by atoms with Gasteiger partial charge in [-0.1, -0.05) is 66.7 Å². The minimum absolute atomic E-state index is 0.150. The van der Waals surface area contributed by atoms with Crippen LogP contribution >= 0.6 is 0 Å². The van der Waals surface area contributed by atoms with E-state index in [1.54, 1.807) is 30.3 Å². The monoisotopic (exact) mass is 405 g/mol. The average Bonchev–Trinajstić information content (AvgIpc) is 2.74. The molecule has 0 aromatic heterocycles. The molecule has 7 heteroatoms. The summed E-state index contributed by atoms with van der Waals surface area (Å²) in [7, 11) is 0. The molecular weight excluding hydrogens is 382 g/mol. The summed E-state index contributed by atoms with van der Waals surface area (Å²) in [6, 6.07) is 19.6. The molecule has 0 radical (unpaired) electrons. The first-order chi connectivity index (χ1) is 14.4. The summed E-state index contributed by atoms with van der Waals surface area (Å²) in [6.07, 6.45) is 0.150. The third kappa shape index (κ3) is 5.35. The Kier molecular flexibility index (Phi) is 6.64. The van der Waals surface area contributed by atoms with Crippen LogP contribution in [-0.2, 0) is 16.0 Å². The van der Waals surface area contributed by atoms with Gasteiger partial charge in [0.1, 0.15) is 12.1 Å². The number of urea groups is 1. The second-order valence-corrected chi connectivity index (χ2v) is 6.94. The number of carboxylic acid groups (broad SMARTS) is 1. The molecule has 0 bridgehead atoms. The number of anilines is 1. The molecule has 4 N–H and O–H groups in total. The van der Waals surface area contributed by atoms with Crippen molar-refractivity contribution in [1.82, 2.24) is 10.6 Å².